The van der Waals surface area contributed by atoms with Gasteiger partial charge in [-0.2, -0.15) is 9.97 Å². The zero-order valence-electron chi connectivity index (χ0n) is 17.1. The molecule has 4 aromatic rings. The molecule has 0 aliphatic carbocycles. The fraction of sp³-hybridized carbons (Fsp3) is 0.182. The topological polar surface area (TPSA) is 108 Å². The first-order chi connectivity index (χ1) is 15.1. The van der Waals surface area contributed by atoms with E-state index in [1.165, 1.54) is 0 Å². The van der Waals surface area contributed by atoms with E-state index in [1.54, 1.807) is 6.20 Å². The molecule has 4 rings (SSSR count). The molecule has 9 heteroatoms. The number of halogens is 1. The second kappa shape index (κ2) is 9.13. The molecule has 158 valence electrons. The van der Waals surface area contributed by atoms with Crippen molar-refractivity contribution in [2.45, 2.75) is 13.8 Å². The Bertz CT molecular complexity index is 1230. The lowest BCUT2D eigenvalue weighted by Crippen LogP contribution is -2.03. The van der Waals surface area contributed by atoms with Crippen LogP contribution in [0.15, 0.2) is 53.1 Å². The molecule has 2 aromatic carbocycles. The van der Waals surface area contributed by atoms with Crippen molar-refractivity contribution in [1.82, 2.24) is 19.9 Å². The lowest BCUT2D eigenvalue weighted by Gasteiger charge is -2.13. The van der Waals surface area contributed by atoms with Crippen molar-refractivity contribution >= 4 is 44.3 Å². The first-order valence-corrected chi connectivity index (χ1v) is 10.6. The van der Waals surface area contributed by atoms with Crippen molar-refractivity contribution in [3.05, 3.63) is 53.1 Å². The molecule has 0 radical (unpaired) electrons. The molecular formula is C22H21BrN6O2. The number of rotatable bonds is 7. The van der Waals surface area contributed by atoms with Gasteiger partial charge in [-0.25, -0.2) is 9.97 Å². The van der Waals surface area contributed by atoms with Crippen molar-refractivity contribution in [3.8, 4) is 23.0 Å². The molecule has 0 saturated carbocycles. The van der Waals surface area contributed by atoms with Crippen molar-refractivity contribution in [2.75, 3.05) is 24.3 Å². The number of benzene rings is 2. The fourth-order valence-corrected chi connectivity index (χ4v) is 3.51. The zero-order valence-corrected chi connectivity index (χ0v) is 18.7. The molecule has 3 N–H and O–H groups in total. The lowest BCUT2D eigenvalue weighted by molar-refractivity contribution is 0.290. The minimum absolute atomic E-state index is 0.192. The van der Waals surface area contributed by atoms with Gasteiger partial charge in [0.15, 0.2) is 0 Å². The molecule has 0 saturated heterocycles. The van der Waals surface area contributed by atoms with E-state index in [1.807, 2.05) is 56.3 Å². The van der Waals surface area contributed by atoms with Crippen LogP contribution in [0, 0.1) is 0 Å². The normalized spacial score (nSPS) is 10.8. The second-order valence-electron chi connectivity index (χ2n) is 6.54. The smallest absolute Gasteiger partial charge is 0.319 e. The standard InChI is InChI=1S/C22H21BrN6O2/c1-3-30-20-17(12-25-22(29-20)31-4-2)13-8-9-18-16(10-13)19(28-21(24)27-18)26-15-7-5-6-14(23)11-15/h5-12H,3-4H2,1-2H3,(H3,24,26,27,28). The summed E-state index contributed by atoms with van der Waals surface area (Å²) < 4.78 is 12.1. The molecule has 31 heavy (non-hydrogen) atoms. The summed E-state index contributed by atoms with van der Waals surface area (Å²) in [6.07, 6.45) is 1.70. The molecule has 0 unspecified atom stereocenters. The van der Waals surface area contributed by atoms with Gasteiger partial charge in [0, 0.05) is 21.7 Å². The number of fused-ring (bicyclic) bond motifs is 1. The maximum Gasteiger partial charge on any atom is 0.319 e. The van der Waals surface area contributed by atoms with Crippen LogP contribution in [0.5, 0.6) is 11.9 Å². The van der Waals surface area contributed by atoms with E-state index in [4.69, 9.17) is 15.2 Å². The maximum atomic E-state index is 5.94. The van der Waals surface area contributed by atoms with Gasteiger partial charge in [0.1, 0.15) is 5.82 Å². The molecule has 0 bridgehead atoms. The highest BCUT2D eigenvalue weighted by molar-refractivity contribution is 9.10. The van der Waals surface area contributed by atoms with Gasteiger partial charge in [-0.3, -0.25) is 0 Å². The summed E-state index contributed by atoms with van der Waals surface area (Å²) in [6, 6.07) is 13.9. The monoisotopic (exact) mass is 480 g/mol. The Hall–Kier alpha value is -3.46. The second-order valence-corrected chi connectivity index (χ2v) is 7.45. The Labute approximate surface area is 188 Å². The van der Waals surface area contributed by atoms with E-state index in [2.05, 4.69) is 41.2 Å². The third kappa shape index (κ3) is 4.66. The Balaban J connectivity index is 1.81. The van der Waals surface area contributed by atoms with Crippen LogP contribution in [0.1, 0.15) is 13.8 Å². The lowest BCUT2D eigenvalue weighted by atomic mass is 10.1. The number of ether oxygens (including phenoxy) is 2. The van der Waals surface area contributed by atoms with Gasteiger partial charge in [-0.15, -0.1) is 0 Å². The maximum absolute atomic E-state index is 5.94. The Kier molecular flexibility index (Phi) is 6.13. The summed E-state index contributed by atoms with van der Waals surface area (Å²) in [7, 11) is 0. The third-order valence-electron chi connectivity index (χ3n) is 4.40. The molecule has 2 aromatic heterocycles. The number of aromatic nitrogens is 4. The van der Waals surface area contributed by atoms with Crippen molar-refractivity contribution in [3.63, 3.8) is 0 Å². The van der Waals surface area contributed by atoms with E-state index >= 15 is 0 Å². The summed E-state index contributed by atoms with van der Waals surface area (Å²) >= 11 is 3.49. The first-order valence-electron chi connectivity index (χ1n) is 9.80. The van der Waals surface area contributed by atoms with Gasteiger partial charge in [0.25, 0.3) is 0 Å². The largest absolute Gasteiger partial charge is 0.477 e. The van der Waals surface area contributed by atoms with Crippen LogP contribution < -0.4 is 20.5 Å². The molecule has 8 nitrogen and oxygen atoms in total. The molecule has 2 heterocycles. The van der Waals surface area contributed by atoms with E-state index in [0.717, 1.165) is 32.2 Å². The van der Waals surface area contributed by atoms with Crippen LogP contribution >= 0.6 is 15.9 Å². The van der Waals surface area contributed by atoms with E-state index in [-0.39, 0.29) is 12.0 Å². The van der Waals surface area contributed by atoms with Crippen LogP contribution in [0.25, 0.3) is 22.0 Å². The number of nitrogens with one attached hydrogen (secondary N) is 1. The van der Waals surface area contributed by atoms with Gasteiger partial charge in [-0.05, 0) is 49.7 Å². The number of nitrogens with two attached hydrogens (primary N) is 1. The number of hydrogen-bond donors (Lipinski definition) is 2. The minimum Gasteiger partial charge on any atom is -0.477 e. The molecule has 0 atom stereocenters. The Morgan fingerprint density at radius 2 is 1.84 bits per heavy atom. The molecular weight excluding hydrogens is 460 g/mol. The Morgan fingerprint density at radius 1 is 1.00 bits per heavy atom. The quantitative estimate of drug-likeness (QED) is 0.381. The minimum atomic E-state index is 0.192. The molecule has 0 spiro atoms. The predicted molar refractivity (Wildman–Crippen MR) is 125 cm³/mol. The van der Waals surface area contributed by atoms with Gasteiger partial charge in [0.2, 0.25) is 11.8 Å². The van der Waals surface area contributed by atoms with Crippen LogP contribution in [0.2, 0.25) is 0 Å². The summed E-state index contributed by atoms with van der Waals surface area (Å²) in [6.45, 7) is 4.73. The van der Waals surface area contributed by atoms with E-state index in [9.17, 15) is 0 Å². The average Bonchev–Trinajstić information content (AvgIpc) is 2.74. The highest BCUT2D eigenvalue weighted by Crippen LogP contribution is 2.34. The van der Waals surface area contributed by atoms with E-state index in [0.29, 0.717) is 24.9 Å². The van der Waals surface area contributed by atoms with Gasteiger partial charge in [-0.1, -0.05) is 28.1 Å². The van der Waals surface area contributed by atoms with Crippen LogP contribution in [0.4, 0.5) is 17.5 Å². The molecule has 0 aliphatic heterocycles. The Morgan fingerprint density at radius 3 is 2.61 bits per heavy atom. The van der Waals surface area contributed by atoms with Gasteiger partial charge in [0.05, 0.1) is 24.3 Å². The molecule has 0 aliphatic rings. The summed E-state index contributed by atoms with van der Waals surface area (Å²) in [5.74, 6) is 1.25. The highest BCUT2D eigenvalue weighted by Gasteiger charge is 2.14. The number of anilines is 3. The molecule has 0 amide bonds. The first kappa shape index (κ1) is 20.8. The van der Waals surface area contributed by atoms with Crippen LogP contribution in [-0.4, -0.2) is 33.1 Å². The number of nitrogens with zero attached hydrogens (tertiary/aromatic N) is 4. The van der Waals surface area contributed by atoms with Crippen LogP contribution in [-0.2, 0) is 0 Å². The number of nitrogen functional groups attached to an aromatic ring is 1. The van der Waals surface area contributed by atoms with Gasteiger partial charge >= 0.3 is 6.01 Å². The predicted octanol–water partition coefficient (Wildman–Crippen LogP) is 4.97. The summed E-state index contributed by atoms with van der Waals surface area (Å²) in [5, 5.41) is 4.14. The number of hydrogen-bond acceptors (Lipinski definition) is 8. The van der Waals surface area contributed by atoms with Crippen molar-refractivity contribution in [2.24, 2.45) is 0 Å². The van der Waals surface area contributed by atoms with Crippen LogP contribution in [0.3, 0.4) is 0 Å². The zero-order chi connectivity index (χ0) is 21.8. The average molecular weight is 481 g/mol. The highest BCUT2D eigenvalue weighted by atomic mass is 79.9. The van der Waals surface area contributed by atoms with Crippen molar-refractivity contribution < 1.29 is 9.47 Å². The van der Waals surface area contributed by atoms with Gasteiger partial charge < -0.3 is 20.5 Å². The fourth-order valence-electron chi connectivity index (χ4n) is 3.11. The SMILES string of the molecule is CCOc1ncc(-c2ccc3nc(N)nc(Nc4cccc(Br)c4)c3c2)c(OCC)n1. The third-order valence-corrected chi connectivity index (χ3v) is 4.89. The summed E-state index contributed by atoms with van der Waals surface area (Å²) in [5.41, 5.74) is 9.15. The van der Waals surface area contributed by atoms with E-state index < -0.39 is 0 Å². The summed E-state index contributed by atoms with van der Waals surface area (Å²) in [4.78, 5) is 17.5. The van der Waals surface area contributed by atoms with Crippen molar-refractivity contribution in [1.29, 1.82) is 0 Å². The molecule has 0 fully saturated rings.